The lowest BCUT2D eigenvalue weighted by Crippen LogP contribution is -2.44. The van der Waals surface area contributed by atoms with Gasteiger partial charge in [0.15, 0.2) is 5.78 Å². The number of carboxylic acid groups (broad SMARTS) is 1. The Labute approximate surface area is 207 Å². The van der Waals surface area contributed by atoms with Crippen molar-refractivity contribution in [3.8, 4) is 17.6 Å². The maximum absolute atomic E-state index is 13.3. The fraction of sp³-hybridized carbons (Fsp3) is 0.321. The van der Waals surface area contributed by atoms with Gasteiger partial charge in [-0.15, -0.1) is 0 Å². The number of carbonyl (C=O) groups excluding carboxylic acids is 1. The molecule has 1 aliphatic rings. The highest BCUT2D eigenvalue weighted by atomic mass is 19.1. The van der Waals surface area contributed by atoms with Crippen molar-refractivity contribution in [3.05, 3.63) is 71.4 Å². The fourth-order valence-electron chi connectivity index (χ4n) is 4.66. The molecule has 1 N–H and O–H groups in total. The van der Waals surface area contributed by atoms with Gasteiger partial charge < -0.3 is 9.84 Å². The van der Waals surface area contributed by atoms with Crippen molar-refractivity contribution >= 4 is 22.7 Å². The average Bonchev–Trinajstić information content (AvgIpc) is 2.86. The second-order valence-electron chi connectivity index (χ2n) is 8.89. The Morgan fingerprint density at radius 3 is 2.67 bits per heavy atom. The maximum atomic E-state index is 13.3. The van der Waals surface area contributed by atoms with Crippen LogP contribution in [0.3, 0.4) is 0 Å². The van der Waals surface area contributed by atoms with Crippen molar-refractivity contribution in [2.24, 2.45) is 11.8 Å². The van der Waals surface area contributed by atoms with Gasteiger partial charge in [-0.25, -0.2) is 8.78 Å². The lowest BCUT2D eigenvalue weighted by molar-refractivity contribution is -0.146. The lowest BCUT2D eigenvalue weighted by atomic mass is 9.81. The number of carbonyl (C=O) groups is 2. The minimum atomic E-state index is -0.906. The van der Waals surface area contributed by atoms with Gasteiger partial charge in [0.1, 0.15) is 17.4 Å². The smallest absolute Gasteiger partial charge is 0.308 e. The zero-order valence-electron chi connectivity index (χ0n) is 19.8. The van der Waals surface area contributed by atoms with E-state index in [0.717, 1.165) is 18.2 Å². The Balaban J connectivity index is 1.38. The number of hydrogen-bond acceptors (Lipinski definition) is 5. The van der Waals surface area contributed by atoms with Crippen LogP contribution < -0.4 is 4.74 Å². The number of carboxylic acids is 1. The molecule has 1 saturated heterocycles. The number of ether oxygens (including phenoxy) is 1. The number of halogens is 2. The first-order valence-electron chi connectivity index (χ1n) is 11.7. The molecule has 0 saturated carbocycles. The van der Waals surface area contributed by atoms with Crippen LogP contribution in [0.1, 0.15) is 35.2 Å². The van der Waals surface area contributed by atoms with Gasteiger partial charge in [-0.1, -0.05) is 11.8 Å². The molecule has 2 atom stereocenters. The van der Waals surface area contributed by atoms with Crippen molar-refractivity contribution in [3.63, 3.8) is 0 Å². The van der Waals surface area contributed by atoms with E-state index in [0.29, 0.717) is 54.7 Å². The van der Waals surface area contributed by atoms with Crippen molar-refractivity contribution < 1.29 is 28.2 Å². The van der Waals surface area contributed by atoms with E-state index in [9.17, 15) is 23.5 Å². The highest BCUT2D eigenvalue weighted by molar-refractivity contribution is 6.07. The van der Waals surface area contributed by atoms with E-state index in [4.69, 9.17) is 4.74 Å². The monoisotopic (exact) mass is 492 g/mol. The molecule has 0 unspecified atom stereocenters. The number of nitrogens with zero attached hydrogens (tertiary/aromatic N) is 2. The number of pyridine rings is 1. The topological polar surface area (TPSA) is 79.7 Å². The molecule has 2 heterocycles. The van der Waals surface area contributed by atoms with E-state index < -0.39 is 23.5 Å². The second kappa shape index (κ2) is 11.3. The second-order valence-corrected chi connectivity index (χ2v) is 8.89. The van der Waals surface area contributed by atoms with Gasteiger partial charge in [0.25, 0.3) is 0 Å². The van der Waals surface area contributed by atoms with Crippen LogP contribution in [-0.2, 0) is 4.79 Å². The average molecular weight is 493 g/mol. The Bertz CT molecular complexity index is 1330. The first-order valence-corrected chi connectivity index (χ1v) is 11.7. The normalized spacial score (nSPS) is 17.9. The molecule has 4 rings (SSSR count). The quantitative estimate of drug-likeness (QED) is 0.385. The minimum Gasteiger partial charge on any atom is -0.497 e. The summed E-state index contributed by atoms with van der Waals surface area (Å²) in [5.74, 6) is 3.11. The molecule has 6 nitrogen and oxygen atoms in total. The predicted octanol–water partition coefficient (Wildman–Crippen LogP) is 4.56. The van der Waals surface area contributed by atoms with Crippen molar-refractivity contribution in [2.45, 2.75) is 19.3 Å². The number of hydrogen-bond donors (Lipinski definition) is 1. The Hall–Kier alpha value is -3.83. The van der Waals surface area contributed by atoms with Gasteiger partial charge in [-0.3, -0.25) is 19.5 Å². The van der Waals surface area contributed by atoms with Crippen LogP contribution in [0.15, 0.2) is 48.7 Å². The number of Topliss-reactive ketones (excluding diaryl/α,β-unsaturated/α-hetero) is 1. The summed E-state index contributed by atoms with van der Waals surface area (Å²) in [5, 5.41) is 10.5. The van der Waals surface area contributed by atoms with Crippen LogP contribution >= 0.6 is 0 Å². The van der Waals surface area contributed by atoms with E-state index in [-0.39, 0.29) is 23.7 Å². The van der Waals surface area contributed by atoms with E-state index in [1.54, 1.807) is 37.6 Å². The molecular formula is C28H26F2N2O4. The van der Waals surface area contributed by atoms with Gasteiger partial charge in [-0.05, 0) is 61.7 Å². The van der Waals surface area contributed by atoms with E-state index in [1.807, 2.05) is 4.90 Å². The van der Waals surface area contributed by atoms with E-state index in [2.05, 4.69) is 16.8 Å². The number of aliphatic carboxylic acids is 1. The summed E-state index contributed by atoms with van der Waals surface area (Å²) in [6.45, 7) is 1.22. The van der Waals surface area contributed by atoms with Crippen LogP contribution in [0.2, 0.25) is 0 Å². The lowest BCUT2D eigenvalue weighted by Gasteiger charge is -2.35. The zero-order chi connectivity index (χ0) is 25.7. The van der Waals surface area contributed by atoms with Crippen molar-refractivity contribution in [1.82, 2.24) is 9.88 Å². The van der Waals surface area contributed by atoms with Gasteiger partial charge in [-0.2, -0.15) is 0 Å². The van der Waals surface area contributed by atoms with Crippen LogP contribution in [0.25, 0.3) is 10.9 Å². The fourth-order valence-corrected chi connectivity index (χ4v) is 4.66. The number of methoxy groups -OCH3 is 1. The standard InChI is InChI=1S/C28H26F2N2O4/c1-36-22-5-6-26-24(16-22)23(8-10-31-26)27(33)7-4-19-9-12-32(17-25(19)28(34)35)11-2-3-18-13-20(29)15-21(30)14-18/h5-6,8,10,13-16,19,25H,4,7,9,11-12,17H2,1H3,(H,34,35)/t19-,25+/m0/s1. The molecule has 1 aliphatic heterocycles. The molecule has 0 radical (unpaired) electrons. The Morgan fingerprint density at radius 2 is 1.94 bits per heavy atom. The highest BCUT2D eigenvalue weighted by Crippen LogP contribution is 2.30. The molecule has 186 valence electrons. The van der Waals surface area contributed by atoms with E-state index in [1.165, 1.54) is 0 Å². The third kappa shape index (κ3) is 6.04. The first-order chi connectivity index (χ1) is 17.3. The molecular weight excluding hydrogens is 466 g/mol. The molecule has 0 bridgehead atoms. The Kier molecular flexibility index (Phi) is 7.91. The van der Waals surface area contributed by atoms with Crippen LogP contribution in [0, 0.1) is 35.3 Å². The van der Waals surface area contributed by atoms with Crippen LogP contribution in [-0.4, -0.2) is 53.5 Å². The number of ketones is 1. The third-order valence-corrected chi connectivity index (χ3v) is 6.55. The van der Waals surface area contributed by atoms with Crippen LogP contribution in [0.5, 0.6) is 5.75 Å². The molecule has 1 fully saturated rings. The molecule has 8 heteroatoms. The molecule has 36 heavy (non-hydrogen) atoms. The molecule has 0 spiro atoms. The minimum absolute atomic E-state index is 0.0598. The SMILES string of the molecule is COc1ccc2nccc(C(=O)CC[C@H]3CCN(CC#Cc4cc(F)cc(F)c4)C[C@H]3C(=O)O)c2c1. The Morgan fingerprint density at radius 1 is 1.17 bits per heavy atom. The summed E-state index contributed by atoms with van der Waals surface area (Å²) < 4.78 is 31.9. The van der Waals surface area contributed by atoms with Crippen molar-refractivity contribution in [2.75, 3.05) is 26.7 Å². The summed E-state index contributed by atoms with van der Waals surface area (Å²) in [6.07, 6.45) is 2.91. The third-order valence-electron chi connectivity index (χ3n) is 6.55. The van der Waals surface area contributed by atoms with E-state index >= 15 is 0 Å². The number of likely N-dealkylation sites (tertiary alicyclic amines) is 1. The number of rotatable bonds is 7. The van der Waals surface area contributed by atoms with Gasteiger partial charge >= 0.3 is 5.97 Å². The zero-order valence-corrected chi connectivity index (χ0v) is 19.8. The number of fused-ring (bicyclic) bond motifs is 1. The molecule has 0 aliphatic carbocycles. The molecule has 0 amide bonds. The number of aromatic nitrogens is 1. The van der Waals surface area contributed by atoms with Crippen molar-refractivity contribution in [1.29, 1.82) is 0 Å². The number of benzene rings is 2. The molecule has 2 aromatic carbocycles. The van der Waals surface area contributed by atoms with Gasteiger partial charge in [0, 0.05) is 41.7 Å². The summed E-state index contributed by atoms with van der Waals surface area (Å²) in [4.78, 5) is 31.3. The highest BCUT2D eigenvalue weighted by Gasteiger charge is 2.34. The summed E-state index contributed by atoms with van der Waals surface area (Å²) >= 11 is 0. The molecule has 3 aromatic rings. The van der Waals surface area contributed by atoms with Crippen LogP contribution in [0.4, 0.5) is 8.78 Å². The van der Waals surface area contributed by atoms with Gasteiger partial charge in [0.05, 0.1) is 25.1 Å². The summed E-state index contributed by atoms with van der Waals surface area (Å²) in [6, 6.07) is 10.2. The summed E-state index contributed by atoms with van der Waals surface area (Å²) in [7, 11) is 1.56. The predicted molar refractivity (Wildman–Crippen MR) is 131 cm³/mol. The number of piperidine rings is 1. The maximum Gasteiger partial charge on any atom is 0.308 e. The first kappa shape index (κ1) is 25.3. The van der Waals surface area contributed by atoms with Gasteiger partial charge in [0.2, 0.25) is 0 Å². The largest absolute Gasteiger partial charge is 0.497 e. The summed E-state index contributed by atoms with van der Waals surface area (Å²) in [5.41, 5.74) is 1.48. The molecule has 1 aromatic heterocycles.